The zero-order valence-electron chi connectivity index (χ0n) is 19.6. The van der Waals surface area contributed by atoms with Gasteiger partial charge in [-0.05, 0) is 41.0 Å². The van der Waals surface area contributed by atoms with Gasteiger partial charge in [0, 0.05) is 30.7 Å². The Bertz CT molecular complexity index is 1610. The van der Waals surface area contributed by atoms with Crippen molar-refractivity contribution in [3.63, 3.8) is 0 Å². The summed E-state index contributed by atoms with van der Waals surface area (Å²) >= 11 is 0. The van der Waals surface area contributed by atoms with E-state index in [1.54, 1.807) is 18.6 Å². The predicted octanol–water partition coefficient (Wildman–Crippen LogP) is 4.42. The van der Waals surface area contributed by atoms with Crippen molar-refractivity contribution in [3.05, 3.63) is 103 Å². The number of nitrogens with zero attached hydrogens (tertiary/aromatic N) is 4. The second-order valence-corrected chi connectivity index (χ2v) is 10.1. The number of anilines is 1. The lowest BCUT2D eigenvalue weighted by Gasteiger charge is -2.14. The minimum Gasteiger partial charge on any atom is -0.364 e. The molecule has 3 aromatic heterocycles. The average Bonchev–Trinajstić information content (AvgIpc) is 2.91. The highest BCUT2D eigenvalue weighted by atomic mass is 32.2. The molecule has 2 aromatic carbocycles. The van der Waals surface area contributed by atoms with Gasteiger partial charge in [0.1, 0.15) is 5.82 Å². The number of fused-ring (bicyclic) bond motifs is 1. The number of rotatable bonds is 8. The van der Waals surface area contributed by atoms with E-state index in [1.807, 2.05) is 54.6 Å². The third kappa shape index (κ3) is 5.54. The van der Waals surface area contributed by atoms with Gasteiger partial charge >= 0.3 is 0 Å². The summed E-state index contributed by atoms with van der Waals surface area (Å²) in [6.07, 6.45) is 6.18. The quantitative estimate of drug-likeness (QED) is 0.327. The first kappa shape index (κ1) is 23.5. The Hall–Kier alpha value is -4.21. The molecule has 180 valence electrons. The number of hydrogen-bond acceptors (Lipinski definition) is 7. The summed E-state index contributed by atoms with van der Waals surface area (Å²) in [6, 6.07) is 23.8. The van der Waals surface area contributed by atoms with Crippen LogP contribution < -0.4 is 10.0 Å². The van der Waals surface area contributed by atoms with Gasteiger partial charge in [-0.15, -0.1) is 0 Å². The Morgan fingerprint density at radius 2 is 1.67 bits per heavy atom. The van der Waals surface area contributed by atoms with Crippen LogP contribution in [0.2, 0.25) is 0 Å². The highest BCUT2D eigenvalue weighted by Gasteiger charge is 2.15. The molecule has 5 rings (SSSR count). The van der Waals surface area contributed by atoms with Gasteiger partial charge in [-0.2, -0.15) is 0 Å². The van der Waals surface area contributed by atoms with Crippen molar-refractivity contribution in [2.75, 3.05) is 11.6 Å². The number of hydrogen-bond donors (Lipinski definition) is 2. The molecule has 8 nitrogen and oxygen atoms in total. The van der Waals surface area contributed by atoms with E-state index in [4.69, 9.17) is 9.97 Å². The van der Waals surface area contributed by atoms with Gasteiger partial charge in [-0.1, -0.05) is 48.5 Å². The highest BCUT2D eigenvalue weighted by Crippen LogP contribution is 2.34. The summed E-state index contributed by atoms with van der Waals surface area (Å²) in [5.74, 6) is 1.17. The second kappa shape index (κ2) is 10.2. The molecular formula is C27H24N6O2S. The predicted molar refractivity (Wildman–Crippen MR) is 141 cm³/mol. The molecule has 0 atom stereocenters. The minimum atomic E-state index is -3.33. The lowest BCUT2D eigenvalue weighted by molar-refractivity contribution is 0.587. The van der Waals surface area contributed by atoms with Gasteiger partial charge in [0.25, 0.3) is 0 Å². The third-order valence-electron chi connectivity index (χ3n) is 5.56. The first-order valence-corrected chi connectivity index (χ1v) is 13.2. The summed E-state index contributed by atoms with van der Waals surface area (Å²) < 4.78 is 25.5. The lowest BCUT2D eigenvalue weighted by Crippen LogP contribution is -2.21. The summed E-state index contributed by atoms with van der Waals surface area (Å²) in [7, 11) is -3.33. The van der Waals surface area contributed by atoms with Gasteiger partial charge in [0.15, 0.2) is 5.82 Å². The van der Waals surface area contributed by atoms with Crippen LogP contribution in [-0.4, -0.2) is 34.6 Å². The fourth-order valence-electron chi connectivity index (χ4n) is 3.90. The van der Waals surface area contributed by atoms with E-state index in [2.05, 4.69) is 38.2 Å². The van der Waals surface area contributed by atoms with Gasteiger partial charge in [-0.3, -0.25) is 9.97 Å². The van der Waals surface area contributed by atoms with Crippen molar-refractivity contribution in [2.24, 2.45) is 0 Å². The van der Waals surface area contributed by atoms with Crippen molar-refractivity contribution < 1.29 is 8.42 Å². The molecule has 0 unspecified atom stereocenters. The third-order valence-corrected chi connectivity index (χ3v) is 6.23. The Kier molecular flexibility index (Phi) is 6.66. The molecule has 0 bridgehead atoms. The van der Waals surface area contributed by atoms with Gasteiger partial charge in [-0.25, -0.2) is 23.1 Å². The zero-order chi connectivity index (χ0) is 25.0. The summed E-state index contributed by atoms with van der Waals surface area (Å²) in [4.78, 5) is 18.4. The molecule has 0 amide bonds. The molecule has 0 aliphatic rings. The lowest BCUT2D eigenvalue weighted by atomic mass is 10.0. The van der Waals surface area contributed by atoms with E-state index < -0.39 is 10.0 Å². The fraction of sp³-hybridized carbons (Fsp3) is 0.111. The van der Waals surface area contributed by atoms with E-state index in [1.165, 1.54) is 0 Å². The van der Waals surface area contributed by atoms with Crippen molar-refractivity contribution in [1.29, 1.82) is 0 Å². The molecule has 0 aliphatic heterocycles. The molecule has 0 radical (unpaired) electrons. The fourth-order valence-corrected chi connectivity index (χ4v) is 4.33. The van der Waals surface area contributed by atoms with Crippen molar-refractivity contribution in [3.8, 4) is 22.5 Å². The second-order valence-electron chi connectivity index (χ2n) is 8.31. The maximum absolute atomic E-state index is 11.5. The van der Waals surface area contributed by atoms with Crippen LogP contribution in [0.5, 0.6) is 0 Å². The van der Waals surface area contributed by atoms with Crippen LogP contribution in [0.3, 0.4) is 0 Å². The molecule has 9 heteroatoms. The Morgan fingerprint density at radius 1 is 0.833 bits per heavy atom. The summed E-state index contributed by atoms with van der Waals surface area (Å²) in [5, 5.41) is 4.37. The minimum absolute atomic E-state index is 0.135. The van der Waals surface area contributed by atoms with Crippen LogP contribution in [-0.2, 0) is 23.1 Å². The van der Waals surface area contributed by atoms with Crippen molar-refractivity contribution in [2.45, 2.75) is 13.1 Å². The number of sulfonamides is 1. The first-order valence-electron chi connectivity index (χ1n) is 11.4. The number of pyridine rings is 2. The molecular weight excluding hydrogens is 472 g/mol. The summed E-state index contributed by atoms with van der Waals surface area (Å²) in [6.45, 7) is 0.627. The average molecular weight is 497 g/mol. The number of benzene rings is 2. The van der Waals surface area contributed by atoms with Gasteiger partial charge < -0.3 is 5.32 Å². The molecule has 0 saturated heterocycles. The largest absolute Gasteiger partial charge is 0.364 e. The topological polar surface area (TPSA) is 110 Å². The van der Waals surface area contributed by atoms with Crippen LogP contribution >= 0.6 is 0 Å². The van der Waals surface area contributed by atoms with Crippen LogP contribution in [0.4, 0.5) is 5.82 Å². The van der Waals surface area contributed by atoms with E-state index in [0.717, 1.165) is 34.0 Å². The van der Waals surface area contributed by atoms with E-state index in [0.29, 0.717) is 29.3 Å². The molecule has 2 N–H and O–H groups in total. The first-order chi connectivity index (χ1) is 17.5. The van der Waals surface area contributed by atoms with Gasteiger partial charge in [0.2, 0.25) is 10.0 Å². The highest BCUT2D eigenvalue weighted by molar-refractivity contribution is 7.88. The van der Waals surface area contributed by atoms with Crippen LogP contribution in [0.1, 0.15) is 11.3 Å². The maximum Gasteiger partial charge on any atom is 0.209 e. The molecule has 0 saturated carbocycles. The smallest absolute Gasteiger partial charge is 0.209 e. The van der Waals surface area contributed by atoms with Crippen molar-refractivity contribution in [1.82, 2.24) is 24.7 Å². The van der Waals surface area contributed by atoms with Crippen LogP contribution in [0.15, 0.2) is 91.4 Å². The standard InChI is InChI=1S/C27H24N6O2S/c1-36(34,35)31-16-19-14-21(17-28-15-19)26-32-24-12-7-11-23(20-8-3-2-4-9-20)25(24)27(33-26)30-18-22-10-5-6-13-29-22/h2-15,17,31H,16,18H2,1H3,(H,30,32,33). The monoisotopic (exact) mass is 496 g/mol. The molecule has 0 fully saturated rings. The molecule has 5 aromatic rings. The van der Waals surface area contributed by atoms with E-state index in [-0.39, 0.29) is 6.54 Å². The van der Waals surface area contributed by atoms with Crippen LogP contribution in [0.25, 0.3) is 33.4 Å². The number of nitrogens with one attached hydrogen (secondary N) is 2. The zero-order valence-corrected chi connectivity index (χ0v) is 20.4. The van der Waals surface area contributed by atoms with Crippen molar-refractivity contribution >= 4 is 26.7 Å². The molecule has 0 aliphatic carbocycles. The summed E-state index contributed by atoms with van der Waals surface area (Å²) in [5.41, 5.74) is 5.16. The van der Waals surface area contributed by atoms with E-state index in [9.17, 15) is 8.42 Å². The molecule has 3 heterocycles. The molecule has 0 spiro atoms. The van der Waals surface area contributed by atoms with E-state index >= 15 is 0 Å². The SMILES string of the molecule is CS(=O)(=O)NCc1cncc(-c2nc(NCc3ccccn3)c3c(-c4ccccc4)cccc3n2)c1. The Labute approximate surface area is 209 Å². The molecule has 36 heavy (non-hydrogen) atoms. The maximum atomic E-state index is 11.5. The van der Waals surface area contributed by atoms with Crippen LogP contribution in [0, 0.1) is 0 Å². The number of aromatic nitrogens is 4. The normalized spacial score (nSPS) is 11.5. The Balaban J connectivity index is 1.61. The van der Waals surface area contributed by atoms with Gasteiger partial charge in [0.05, 0.1) is 29.4 Å². The Morgan fingerprint density at radius 3 is 2.44 bits per heavy atom.